The smallest absolute Gasteiger partial charge is 0.316 e. The average molecular weight is 221 g/mol. The number of methoxy groups -OCH3 is 1. The molecule has 0 aromatic carbocycles. The second kappa shape index (κ2) is 5.25. The lowest BCUT2D eigenvalue weighted by Crippen LogP contribution is -2.45. The van der Waals surface area contributed by atoms with Crippen molar-refractivity contribution in [3.05, 3.63) is 18.0 Å². The first kappa shape index (κ1) is 11.3. The van der Waals surface area contributed by atoms with Crippen LogP contribution in [0.5, 0.6) is 6.01 Å². The Kier molecular flexibility index (Phi) is 3.72. The van der Waals surface area contributed by atoms with Crippen molar-refractivity contribution >= 4 is 0 Å². The number of aromatic nitrogens is 2. The fourth-order valence-corrected chi connectivity index (χ4v) is 2.19. The van der Waals surface area contributed by atoms with Crippen LogP contribution < -0.4 is 4.74 Å². The maximum atomic E-state index is 5.01. The molecule has 0 spiro atoms. The molecule has 0 amide bonds. The molecule has 0 atom stereocenters. The van der Waals surface area contributed by atoms with Crippen molar-refractivity contribution in [2.24, 2.45) is 5.92 Å². The van der Waals surface area contributed by atoms with Gasteiger partial charge >= 0.3 is 6.01 Å². The first-order valence-electron chi connectivity index (χ1n) is 5.90. The van der Waals surface area contributed by atoms with Gasteiger partial charge in [-0.2, -0.15) is 4.98 Å². The van der Waals surface area contributed by atoms with E-state index in [1.807, 2.05) is 6.07 Å². The van der Waals surface area contributed by atoms with E-state index in [4.69, 9.17) is 4.74 Å². The fourth-order valence-electron chi connectivity index (χ4n) is 2.19. The topological polar surface area (TPSA) is 38.2 Å². The van der Waals surface area contributed by atoms with Gasteiger partial charge in [0, 0.05) is 25.8 Å². The van der Waals surface area contributed by atoms with Crippen LogP contribution in [-0.4, -0.2) is 35.1 Å². The van der Waals surface area contributed by atoms with Crippen molar-refractivity contribution in [3.8, 4) is 6.01 Å². The lowest BCUT2D eigenvalue weighted by Gasteiger charge is -2.39. The van der Waals surface area contributed by atoms with Gasteiger partial charge in [-0.1, -0.05) is 13.3 Å². The number of hydrogen-bond acceptors (Lipinski definition) is 4. The van der Waals surface area contributed by atoms with Gasteiger partial charge in [0.1, 0.15) is 0 Å². The highest BCUT2D eigenvalue weighted by Gasteiger charge is 2.25. The largest absolute Gasteiger partial charge is 0.467 e. The summed E-state index contributed by atoms with van der Waals surface area (Å²) in [6, 6.07) is 2.42. The molecule has 1 aliphatic rings. The Bertz CT molecular complexity index is 337. The second-order valence-corrected chi connectivity index (χ2v) is 4.38. The monoisotopic (exact) mass is 221 g/mol. The fraction of sp³-hybridized carbons (Fsp3) is 0.667. The number of hydrogen-bond donors (Lipinski definition) is 0. The first-order valence-corrected chi connectivity index (χ1v) is 5.90. The Labute approximate surface area is 96.7 Å². The molecule has 2 heterocycles. The molecule has 0 radical (unpaired) electrons. The Morgan fingerprint density at radius 3 is 3.00 bits per heavy atom. The number of ether oxygens (including phenoxy) is 1. The lowest BCUT2D eigenvalue weighted by molar-refractivity contribution is 0.0843. The maximum Gasteiger partial charge on any atom is 0.316 e. The lowest BCUT2D eigenvalue weighted by atomic mass is 9.95. The van der Waals surface area contributed by atoms with E-state index in [0.717, 1.165) is 18.2 Å². The minimum atomic E-state index is 0.461. The van der Waals surface area contributed by atoms with E-state index in [1.54, 1.807) is 13.3 Å². The van der Waals surface area contributed by atoms with Crippen molar-refractivity contribution in [1.82, 2.24) is 14.9 Å². The molecule has 1 aromatic rings. The SMILES string of the molecule is CCCC1CN(Cc2ccnc(OC)n2)C1. The van der Waals surface area contributed by atoms with E-state index in [9.17, 15) is 0 Å². The van der Waals surface area contributed by atoms with Gasteiger partial charge in [-0.3, -0.25) is 4.90 Å². The van der Waals surface area contributed by atoms with Crippen LogP contribution in [0.1, 0.15) is 25.5 Å². The molecule has 0 saturated carbocycles. The standard InChI is InChI=1S/C12H19N3O/c1-3-4-10-7-15(8-10)9-11-5-6-13-12(14-11)16-2/h5-6,10H,3-4,7-9H2,1-2H3. The summed E-state index contributed by atoms with van der Waals surface area (Å²) in [5.74, 6) is 0.897. The quantitative estimate of drug-likeness (QED) is 0.758. The summed E-state index contributed by atoms with van der Waals surface area (Å²) in [6.45, 7) is 5.58. The van der Waals surface area contributed by atoms with Gasteiger partial charge in [0.25, 0.3) is 0 Å². The third-order valence-electron chi connectivity index (χ3n) is 2.99. The number of nitrogens with zero attached hydrogens (tertiary/aromatic N) is 3. The van der Waals surface area contributed by atoms with Gasteiger partial charge in [0.15, 0.2) is 0 Å². The van der Waals surface area contributed by atoms with E-state index in [0.29, 0.717) is 6.01 Å². The highest BCUT2D eigenvalue weighted by atomic mass is 16.5. The van der Waals surface area contributed by atoms with Crippen molar-refractivity contribution in [2.45, 2.75) is 26.3 Å². The molecule has 4 heteroatoms. The molecule has 1 fully saturated rings. The van der Waals surface area contributed by atoms with Crippen LogP contribution in [0.25, 0.3) is 0 Å². The Balaban J connectivity index is 1.82. The Hall–Kier alpha value is -1.16. The molecular formula is C12H19N3O. The summed E-state index contributed by atoms with van der Waals surface area (Å²) in [6.07, 6.45) is 4.40. The summed E-state index contributed by atoms with van der Waals surface area (Å²) < 4.78 is 5.01. The normalized spacial score (nSPS) is 17.1. The van der Waals surface area contributed by atoms with Crippen LogP contribution in [-0.2, 0) is 6.54 Å². The van der Waals surface area contributed by atoms with Crippen LogP contribution in [0.4, 0.5) is 0 Å². The predicted octanol–water partition coefficient (Wildman–Crippen LogP) is 1.72. The Morgan fingerprint density at radius 1 is 1.50 bits per heavy atom. The van der Waals surface area contributed by atoms with Crippen molar-refractivity contribution in [1.29, 1.82) is 0 Å². The molecule has 0 aliphatic carbocycles. The average Bonchev–Trinajstić information content (AvgIpc) is 2.27. The summed E-state index contributed by atoms with van der Waals surface area (Å²) >= 11 is 0. The maximum absolute atomic E-state index is 5.01. The van der Waals surface area contributed by atoms with Crippen molar-refractivity contribution in [3.63, 3.8) is 0 Å². The van der Waals surface area contributed by atoms with Gasteiger partial charge in [-0.05, 0) is 18.4 Å². The first-order chi connectivity index (χ1) is 7.81. The van der Waals surface area contributed by atoms with Crippen LogP contribution in [0.3, 0.4) is 0 Å². The molecule has 1 saturated heterocycles. The Morgan fingerprint density at radius 2 is 2.31 bits per heavy atom. The third-order valence-corrected chi connectivity index (χ3v) is 2.99. The third kappa shape index (κ3) is 2.70. The van der Waals surface area contributed by atoms with Gasteiger partial charge in [-0.25, -0.2) is 4.98 Å². The van der Waals surface area contributed by atoms with Gasteiger partial charge in [-0.15, -0.1) is 0 Å². The summed E-state index contributed by atoms with van der Waals surface area (Å²) in [5.41, 5.74) is 1.04. The molecule has 2 rings (SSSR count). The van der Waals surface area contributed by atoms with E-state index < -0.39 is 0 Å². The predicted molar refractivity (Wildman–Crippen MR) is 62.3 cm³/mol. The zero-order valence-corrected chi connectivity index (χ0v) is 10.0. The molecular weight excluding hydrogens is 202 g/mol. The van der Waals surface area contributed by atoms with Gasteiger partial charge in [0.05, 0.1) is 12.8 Å². The molecule has 88 valence electrons. The van der Waals surface area contributed by atoms with E-state index in [1.165, 1.54) is 25.9 Å². The number of rotatable bonds is 5. The number of likely N-dealkylation sites (tertiary alicyclic amines) is 1. The molecule has 1 aromatic heterocycles. The van der Waals surface area contributed by atoms with E-state index in [2.05, 4.69) is 21.8 Å². The van der Waals surface area contributed by atoms with E-state index in [-0.39, 0.29) is 0 Å². The van der Waals surface area contributed by atoms with Crippen LogP contribution in [0.2, 0.25) is 0 Å². The molecule has 0 unspecified atom stereocenters. The zero-order chi connectivity index (χ0) is 11.4. The summed E-state index contributed by atoms with van der Waals surface area (Å²) in [4.78, 5) is 10.7. The highest BCUT2D eigenvalue weighted by molar-refractivity contribution is 5.06. The van der Waals surface area contributed by atoms with Crippen molar-refractivity contribution in [2.75, 3.05) is 20.2 Å². The highest BCUT2D eigenvalue weighted by Crippen LogP contribution is 2.22. The van der Waals surface area contributed by atoms with Crippen LogP contribution in [0, 0.1) is 5.92 Å². The van der Waals surface area contributed by atoms with Gasteiger partial charge in [0.2, 0.25) is 0 Å². The summed E-state index contributed by atoms with van der Waals surface area (Å²) in [5, 5.41) is 0. The molecule has 4 nitrogen and oxygen atoms in total. The molecule has 0 bridgehead atoms. The minimum Gasteiger partial charge on any atom is -0.467 e. The minimum absolute atomic E-state index is 0.461. The van der Waals surface area contributed by atoms with Gasteiger partial charge < -0.3 is 4.74 Å². The van der Waals surface area contributed by atoms with E-state index >= 15 is 0 Å². The zero-order valence-electron chi connectivity index (χ0n) is 10.0. The van der Waals surface area contributed by atoms with Crippen molar-refractivity contribution < 1.29 is 4.74 Å². The molecule has 0 N–H and O–H groups in total. The second-order valence-electron chi connectivity index (χ2n) is 4.38. The molecule has 1 aliphatic heterocycles. The summed E-state index contributed by atoms with van der Waals surface area (Å²) in [7, 11) is 1.60. The van der Waals surface area contributed by atoms with Crippen LogP contribution >= 0.6 is 0 Å². The van der Waals surface area contributed by atoms with Crippen LogP contribution in [0.15, 0.2) is 12.3 Å². The molecule has 16 heavy (non-hydrogen) atoms.